The number of anilines is 1. The second-order valence-corrected chi connectivity index (χ2v) is 6.16. The molecule has 0 aromatic carbocycles. The Morgan fingerprint density at radius 3 is 3.00 bits per heavy atom. The van der Waals surface area contributed by atoms with Crippen molar-refractivity contribution < 1.29 is 4.79 Å². The highest BCUT2D eigenvalue weighted by Crippen LogP contribution is 2.31. The number of carbonyl (C=O) groups is 1. The van der Waals surface area contributed by atoms with Crippen LogP contribution in [0.3, 0.4) is 0 Å². The third-order valence-electron chi connectivity index (χ3n) is 3.84. The molecule has 0 radical (unpaired) electrons. The molecule has 98 valence electrons. The molecular formula is C13H14N4OS. The number of rotatable bonds is 2. The zero-order valence-electron chi connectivity index (χ0n) is 10.5. The number of thiazole rings is 1. The molecule has 19 heavy (non-hydrogen) atoms. The van der Waals surface area contributed by atoms with Crippen LogP contribution in [-0.2, 0) is 25.7 Å². The van der Waals surface area contributed by atoms with Crippen LogP contribution in [0.4, 0.5) is 5.13 Å². The molecule has 0 saturated heterocycles. The molecule has 0 saturated carbocycles. The van der Waals surface area contributed by atoms with Gasteiger partial charge in [-0.05, 0) is 38.5 Å². The minimum Gasteiger partial charge on any atom is -0.296 e. The number of aromatic amines is 1. The van der Waals surface area contributed by atoms with Crippen molar-refractivity contribution in [2.24, 2.45) is 0 Å². The Morgan fingerprint density at radius 1 is 1.21 bits per heavy atom. The van der Waals surface area contributed by atoms with E-state index in [1.807, 2.05) is 0 Å². The Hall–Kier alpha value is -1.69. The second kappa shape index (κ2) is 4.16. The van der Waals surface area contributed by atoms with Crippen LogP contribution in [0.5, 0.6) is 0 Å². The predicted molar refractivity (Wildman–Crippen MR) is 72.7 cm³/mol. The average molecular weight is 274 g/mol. The molecule has 5 nitrogen and oxygen atoms in total. The zero-order valence-corrected chi connectivity index (χ0v) is 11.3. The molecule has 2 aliphatic rings. The normalized spacial score (nSPS) is 16.4. The molecule has 0 bridgehead atoms. The number of amides is 1. The van der Waals surface area contributed by atoms with E-state index in [-0.39, 0.29) is 5.91 Å². The Balaban J connectivity index is 1.57. The summed E-state index contributed by atoms with van der Waals surface area (Å²) < 4.78 is 0. The number of hydrogen-bond acceptors (Lipinski definition) is 4. The van der Waals surface area contributed by atoms with Gasteiger partial charge < -0.3 is 0 Å². The summed E-state index contributed by atoms with van der Waals surface area (Å²) >= 11 is 1.60. The molecule has 1 amide bonds. The van der Waals surface area contributed by atoms with Crippen molar-refractivity contribution in [2.75, 3.05) is 5.32 Å². The van der Waals surface area contributed by atoms with Crippen molar-refractivity contribution in [3.05, 3.63) is 27.5 Å². The third-order valence-corrected chi connectivity index (χ3v) is 4.91. The van der Waals surface area contributed by atoms with Crippen molar-refractivity contribution in [2.45, 2.75) is 38.5 Å². The van der Waals surface area contributed by atoms with Gasteiger partial charge in [-0.25, -0.2) is 4.98 Å². The van der Waals surface area contributed by atoms with Crippen LogP contribution in [0.15, 0.2) is 0 Å². The first-order chi connectivity index (χ1) is 9.31. The zero-order chi connectivity index (χ0) is 12.8. The number of fused-ring (bicyclic) bond motifs is 2. The lowest BCUT2D eigenvalue weighted by Gasteiger charge is -2.00. The number of nitrogens with one attached hydrogen (secondary N) is 2. The summed E-state index contributed by atoms with van der Waals surface area (Å²) in [5.74, 6) is -0.133. The van der Waals surface area contributed by atoms with Crippen LogP contribution in [0.2, 0.25) is 0 Å². The van der Waals surface area contributed by atoms with Gasteiger partial charge in [0.05, 0.1) is 5.69 Å². The van der Waals surface area contributed by atoms with E-state index in [9.17, 15) is 4.79 Å². The van der Waals surface area contributed by atoms with Gasteiger partial charge in [0.15, 0.2) is 10.8 Å². The largest absolute Gasteiger partial charge is 0.296 e. The molecule has 0 unspecified atom stereocenters. The third kappa shape index (κ3) is 1.78. The van der Waals surface area contributed by atoms with E-state index < -0.39 is 0 Å². The van der Waals surface area contributed by atoms with Crippen LogP contribution >= 0.6 is 11.3 Å². The number of carbonyl (C=O) groups excluding carboxylic acids is 1. The molecule has 4 rings (SSSR count). The molecule has 2 heterocycles. The Morgan fingerprint density at radius 2 is 2.11 bits per heavy atom. The molecular weight excluding hydrogens is 260 g/mol. The van der Waals surface area contributed by atoms with Gasteiger partial charge in [-0.2, -0.15) is 5.10 Å². The van der Waals surface area contributed by atoms with Crippen LogP contribution in [0.25, 0.3) is 0 Å². The fraction of sp³-hybridized carbons (Fsp3) is 0.462. The van der Waals surface area contributed by atoms with Crippen molar-refractivity contribution in [1.29, 1.82) is 0 Å². The quantitative estimate of drug-likeness (QED) is 0.881. The second-order valence-electron chi connectivity index (χ2n) is 5.08. The van der Waals surface area contributed by atoms with Crippen LogP contribution in [-0.4, -0.2) is 21.1 Å². The van der Waals surface area contributed by atoms with Gasteiger partial charge in [0.25, 0.3) is 5.91 Å². The van der Waals surface area contributed by atoms with Crippen molar-refractivity contribution in [1.82, 2.24) is 15.2 Å². The van der Waals surface area contributed by atoms with Gasteiger partial charge in [0.1, 0.15) is 0 Å². The summed E-state index contributed by atoms with van der Waals surface area (Å²) in [6.07, 6.45) is 6.38. The van der Waals surface area contributed by atoms with Crippen molar-refractivity contribution in [3.8, 4) is 0 Å². The molecule has 6 heteroatoms. The first-order valence-corrected chi connectivity index (χ1v) is 7.49. The summed E-state index contributed by atoms with van der Waals surface area (Å²) in [5, 5.41) is 10.7. The predicted octanol–water partition coefficient (Wildman–Crippen LogP) is 2.10. The Labute approximate surface area is 114 Å². The summed E-state index contributed by atoms with van der Waals surface area (Å²) in [6, 6.07) is 0. The fourth-order valence-electron chi connectivity index (χ4n) is 2.91. The summed E-state index contributed by atoms with van der Waals surface area (Å²) in [5.41, 5.74) is 3.91. The first kappa shape index (κ1) is 11.2. The van der Waals surface area contributed by atoms with Crippen molar-refractivity contribution >= 4 is 22.4 Å². The molecule has 2 aliphatic carbocycles. The number of nitrogens with zero attached hydrogens (tertiary/aromatic N) is 2. The Kier molecular flexibility index (Phi) is 2.44. The number of aryl methyl sites for hydroxylation is 3. The summed E-state index contributed by atoms with van der Waals surface area (Å²) in [7, 11) is 0. The van der Waals surface area contributed by atoms with E-state index in [0.29, 0.717) is 10.8 Å². The van der Waals surface area contributed by atoms with Crippen molar-refractivity contribution in [3.63, 3.8) is 0 Å². The van der Waals surface area contributed by atoms with Gasteiger partial charge in [-0.1, -0.05) is 0 Å². The first-order valence-electron chi connectivity index (χ1n) is 6.67. The maximum atomic E-state index is 12.2. The molecule has 2 aromatic heterocycles. The van der Waals surface area contributed by atoms with E-state index in [0.717, 1.165) is 49.1 Å². The maximum Gasteiger partial charge on any atom is 0.278 e. The smallest absolute Gasteiger partial charge is 0.278 e. The van der Waals surface area contributed by atoms with Gasteiger partial charge >= 0.3 is 0 Å². The highest BCUT2D eigenvalue weighted by Gasteiger charge is 2.24. The lowest BCUT2D eigenvalue weighted by atomic mass is 10.2. The van der Waals surface area contributed by atoms with Crippen LogP contribution < -0.4 is 5.32 Å². The van der Waals surface area contributed by atoms with Gasteiger partial charge in [0, 0.05) is 16.1 Å². The minimum atomic E-state index is -0.133. The van der Waals surface area contributed by atoms with E-state index in [1.54, 1.807) is 11.3 Å². The standard InChI is InChI=1S/C13H14N4OS/c18-12(11-7-3-1-4-8(7)16-17-11)15-13-14-9-5-2-6-10(9)19-13/h1-6H2,(H,16,17)(H,14,15,18). The van der Waals surface area contributed by atoms with Crippen LogP contribution in [0, 0.1) is 0 Å². The molecule has 0 aliphatic heterocycles. The minimum absolute atomic E-state index is 0.133. The van der Waals surface area contributed by atoms with Gasteiger partial charge in [-0.3, -0.25) is 15.2 Å². The SMILES string of the molecule is O=C(Nc1nc2c(s1)CCC2)c1n[nH]c2c1CCC2. The van der Waals surface area contributed by atoms with E-state index in [1.165, 1.54) is 11.3 Å². The highest BCUT2D eigenvalue weighted by atomic mass is 32.1. The topological polar surface area (TPSA) is 70.7 Å². The van der Waals surface area contributed by atoms with E-state index in [2.05, 4.69) is 20.5 Å². The van der Waals surface area contributed by atoms with Gasteiger partial charge in [0.2, 0.25) is 0 Å². The molecule has 0 fully saturated rings. The Bertz CT molecular complexity index is 636. The summed E-state index contributed by atoms with van der Waals surface area (Å²) in [4.78, 5) is 18.0. The lowest BCUT2D eigenvalue weighted by Crippen LogP contribution is -2.14. The number of hydrogen-bond donors (Lipinski definition) is 2. The molecule has 2 N–H and O–H groups in total. The van der Waals surface area contributed by atoms with Crippen LogP contribution in [0.1, 0.15) is 45.2 Å². The highest BCUT2D eigenvalue weighted by molar-refractivity contribution is 7.15. The average Bonchev–Trinajstić information content (AvgIpc) is 3.06. The molecule has 0 atom stereocenters. The lowest BCUT2D eigenvalue weighted by molar-refractivity contribution is 0.102. The number of aromatic nitrogens is 3. The van der Waals surface area contributed by atoms with E-state index in [4.69, 9.17) is 0 Å². The maximum absolute atomic E-state index is 12.2. The van der Waals surface area contributed by atoms with Gasteiger partial charge in [-0.15, -0.1) is 11.3 Å². The number of H-pyrrole nitrogens is 1. The molecule has 2 aromatic rings. The monoisotopic (exact) mass is 274 g/mol. The molecule has 0 spiro atoms. The fourth-order valence-corrected chi connectivity index (χ4v) is 3.95. The van der Waals surface area contributed by atoms with E-state index >= 15 is 0 Å². The summed E-state index contributed by atoms with van der Waals surface area (Å²) in [6.45, 7) is 0.